The van der Waals surface area contributed by atoms with Gasteiger partial charge in [-0.1, -0.05) is 0 Å². The molecule has 0 aromatic rings. The molecule has 3 nitrogen and oxygen atoms in total. The second kappa shape index (κ2) is 4.29. The molecule has 2 fully saturated rings. The molecule has 1 N–H and O–H groups in total. The Hall–Kier alpha value is -0.280. The minimum absolute atomic E-state index is 0. The summed E-state index contributed by atoms with van der Waals surface area (Å²) in [5, 5.41) is 3.42. The summed E-state index contributed by atoms with van der Waals surface area (Å²) in [6, 6.07) is 0.999. The standard InChI is InChI=1S/C9H15NO2.ClH/c1-2-12-9(11)7-5-6-3-4-8(7)10-6;/h6-8,10H,2-5H2,1H3;1H/t6-,7+,8+;/m1./s1. The lowest BCUT2D eigenvalue weighted by molar-refractivity contribution is -0.148. The van der Waals surface area contributed by atoms with Crippen LogP contribution in [-0.2, 0) is 9.53 Å². The molecule has 2 saturated heterocycles. The highest BCUT2D eigenvalue weighted by Gasteiger charge is 2.43. The summed E-state index contributed by atoms with van der Waals surface area (Å²) in [6.07, 6.45) is 3.37. The first-order valence-electron chi connectivity index (χ1n) is 4.74. The maximum absolute atomic E-state index is 11.4. The summed E-state index contributed by atoms with van der Waals surface area (Å²) >= 11 is 0. The van der Waals surface area contributed by atoms with Crippen LogP contribution in [0.4, 0.5) is 0 Å². The molecule has 0 spiro atoms. The monoisotopic (exact) mass is 205 g/mol. The lowest BCUT2D eigenvalue weighted by Crippen LogP contribution is -2.30. The topological polar surface area (TPSA) is 38.3 Å². The highest BCUT2D eigenvalue weighted by molar-refractivity contribution is 5.85. The van der Waals surface area contributed by atoms with E-state index in [1.807, 2.05) is 6.92 Å². The van der Waals surface area contributed by atoms with Crippen molar-refractivity contribution < 1.29 is 9.53 Å². The van der Waals surface area contributed by atoms with Crippen molar-refractivity contribution in [3.63, 3.8) is 0 Å². The number of hydrogen-bond donors (Lipinski definition) is 1. The SMILES string of the molecule is CCOC(=O)[C@H]1C[C@H]2CC[C@@H]1N2.Cl. The van der Waals surface area contributed by atoms with Crippen molar-refractivity contribution in [3.8, 4) is 0 Å². The highest BCUT2D eigenvalue weighted by Crippen LogP contribution is 2.33. The van der Waals surface area contributed by atoms with Gasteiger partial charge in [0, 0.05) is 12.1 Å². The van der Waals surface area contributed by atoms with Crippen LogP contribution in [0.2, 0.25) is 0 Å². The number of halogens is 1. The predicted molar refractivity (Wildman–Crippen MR) is 51.9 cm³/mol. The molecular formula is C9H16ClNO2. The molecule has 0 aliphatic carbocycles. The zero-order valence-electron chi connectivity index (χ0n) is 7.79. The van der Waals surface area contributed by atoms with Crippen LogP contribution in [-0.4, -0.2) is 24.7 Å². The summed E-state index contributed by atoms with van der Waals surface area (Å²) < 4.78 is 5.00. The van der Waals surface area contributed by atoms with E-state index in [0.717, 1.165) is 12.8 Å². The van der Waals surface area contributed by atoms with E-state index in [2.05, 4.69) is 5.32 Å². The van der Waals surface area contributed by atoms with Gasteiger partial charge in [0.1, 0.15) is 0 Å². The van der Waals surface area contributed by atoms with Crippen molar-refractivity contribution in [2.24, 2.45) is 5.92 Å². The Morgan fingerprint density at radius 1 is 1.54 bits per heavy atom. The summed E-state index contributed by atoms with van der Waals surface area (Å²) in [6.45, 7) is 2.37. The van der Waals surface area contributed by atoms with Crippen LogP contribution in [0.15, 0.2) is 0 Å². The molecule has 3 atom stereocenters. The van der Waals surface area contributed by atoms with Gasteiger partial charge in [0.15, 0.2) is 0 Å². The van der Waals surface area contributed by atoms with E-state index in [9.17, 15) is 4.79 Å². The van der Waals surface area contributed by atoms with Crippen molar-refractivity contribution in [1.29, 1.82) is 0 Å². The number of nitrogens with one attached hydrogen (secondary N) is 1. The van der Waals surface area contributed by atoms with Gasteiger partial charge < -0.3 is 10.1 Å². The van der Waals surface area contributed by atoms with Crippen molar-refractivity contribution in [3.05, 3.63) is 0 Å². The number of hydrogen-bond acceptors (Lipinski definition) is 3. The van der Waals surface area contributed by atoms with Crippen LogP contribution in [0.25, 0.3) is 0 Å². The van der Waals surface area contributed by atoms with Crippen LogP contribution < -0.4 is 5.32 Å². The Kier molecular flexibility index (Phi) is 3.56. The van der Waals surface area contributed by atoms with Gasteiger partial charge in [0.25, 0.3) is 0 Å². The van der Waals surface area contributed by atoms with E-state index in [4.69, 9.17) is 4.74 Å². The molecule has 0 aromatic carbocycles. The minimum Gasteiger partial charge on any atom is -0.466 e. The maximum Gasteiger partial charge on any atom is 0.310 e. The van der Waals surface area contributed by atoms with Gasteiger partial charge in [-0.15, -0.1) is 12.4 Å². The fraction of sp³-hybridized carbons (Fsp3) is 0.889. The average Bonchev–Trinajstić information content (AvgIpc) is 2.64. The molecule has 0 aromatic heterocycles. The molecule has 13 heavy (non-hydrogen) atoms. The number of ether oxygens (including phenoxy) is 1. The molecule has 0 saturated carbocycles. The van der Waals surface area contributed by atoms with Crippen LogP contribution in [0.5, 0.6) is 0 Å². The molecular weight excluding hydrogens is 190 g/mol. The van der Waals surface area contributed by atoms with Crippen molar-refractivity contribution in [2.75, 3.05) is 6.61 Å². The third-order valence-electron chi connectivity index (χ3n) is 2.89. The fourth-order valence-electron chi connectivity index (χ4n) is 2.33. The Labute approximate surface area is 84.6 Å². The second-order valence-corrected chi connectivity index (χ2v) is 3.64. The lowest BCUT2D eigenvalue weighted by atomic mass is 9.89. The minimum atomic E-state index is -0.00259. The normalized spacial score (nSPS) is 35.6. The Balaban J connectivity index is 0.000000845. The maximum atomic E-state index is 11.4. The van der Waals surface area contributed by atoms with Gasteiger partial charge in [-0.05, 0) is 26.2 Å². The van der Waals surface area contributed by atoms with Gasteiger partial charge in [-0.2, -0.15) is 0 Å². The van der Waals surface area contributed by atoms with Crippen molar-refractivity contribution in [2.45, 2.75) is 38.3 Å². The first-order valence-corrected chi connectivity index (χ1v) is 4.74. The molecule has 4 heteroatoms. The van der Waals surface area contributed by atoms with Crippen molar-refractivity contribution >= 4 is 18.4 Å². The molecule has 2 aliphatic heterocycles. The molecule has 2 bridgehead atoms. The molecule has 2 aliphatic rings. The smallest absolute Gasteiger partial charge is 0.310 e. The number of esters is 1. The van der Waals surface area contributed by atoms with E-state index in [1.54, 1.807) is 0 Å². The molecule has 0 radical (unpaired) electrons. The van der Waals surface area contributed by atoms with Gasteiger partial charge >= 0.3 is 5.97 Å². The Morgan fingerprint density at radius 2 is 2.31 bits per heavy atom. The summed E-state index contributed by atoms with van der Waals surface area (Å²) in [5.74, 6) is 0.140. The van der Waals surface area contributed by atoms with Crippen LogP contribution in [0, 0.1) is 5.92 Å². The van der Waals surface area contributed by atoms with E-state index in [0.29, 0.717) is 18.7 Å². The summed E-state index contributed by atoms with van der Waals surface area (Å²) in [7, 11) is 0. The van der Waals surface area contributed by atoms with E-state index < -0.39 is 0 Å². The number of fused-ring (bicyclic) bond motifs is 2. The predicted octanol–water partition coefficient (Wildman–Crippen LogP) is 1.11. The zero-order chi connectivity index (χ0) is 8.55. The first-order chi connectivity index (χ1) is 5.81. The third kappa shape index (κ3) is 1.97. The number of carbonyl (C=O) groups is 1. The molecule has 2 rings (SSSR count). The largest absolute Gasteiger partial charge is 0.466 e. The molecule has 0 unspecified atom stereocenters. The quantitative estimate of drug-likeness (QED) is 0.687. The average molecular weight is 206 g/mol. The van der Waals surface area contributed by atoms with Gasteiger partial charge in [-0.3, -0.25) is 4.79 Å². The van der Waals surface area contributed by atoms with E-state index in [-0.39, 0.29) is 24.3 Å². The molecule has 2 heterocycles. The van der Waals surface area contributed by atoms with Crippen LogP contribution in [0.1, 0.15) is 26.2 Å². The second-order valence-electron chi connectivity index (χ2n) is 3.64. The number of carbonyl (C=O) groups excluding carboxylic acids is 1. The fourth-order valence-corrected chi connectivity index (χ4v) is 2.33. The van der Waals surface area contributed by atoms with Gasteiger partial charge in [-0.25, -0.2) is 0 Å². The molecule has 0 amide bonds. The van der Waals surface area contributed by atoms with Gasteiger partial charge in [0.05, 0.1) is 12.5 Å². The Morgan fingerprint density at radius 3 is 2.77 bits per heavy atom. The highest BCUT2D eigenvalue weighted by atomic mass is 35.5. The van der Waals surface area contributed by atoms with E-state index >= 15 is 0 Å². The zero-order valence-corrected chi connectivity index (χ0v) is 8.60. The Bertz CT molecular complexity index is 198. The summed E-state index contributed by atoms with van der Waals surface area (Å²) in [5.41, 5.74) is 0. The third-order valence-corrected chi connectivity index (χ3v) is 2.89. The number of rotatable bonds is 2. The summed E-state index contributed by atoms with van der Waals surface area (Å²) in [4.78, 5) is 11.4. The van der Waals surface area contributed by atoms with Crippen LogP contribution in [0.3, 0.4) is 0 Å². The molecule has 76 valence electrons. The van der Waals surface area contributed by atoms with Crippen molar-refractivity contribution in [1.82, 2.24) is 5.32 Å². The first kappa shape index (κ1) is 10.8. The van der Waals surface area contributed by atoms with Crippen LogP contribution >= 0.6 is 12.4 Å². The lowest BCUT2D eigenvalue weighted by Gasteiger charge is -2.17. The van der Waals surface area contributed by atoms with Gasteiger partial charge in [0.2, 0.25) is 0 Å². The van der Waals surface area contributed by atoms with E-state index in [1.165, 1.54) is 6.42 Å².